The molecule has 0 aliphatic carbocycles. The highest BCUT2D eigenvalue weighted by Gasteiger charge is 2.18. The maximum atomic E-state index is 12.1. The highest BCUT2D eigenvalue weighted by atomic mass is 32.2. The molecular formula is C17H24N2O5S. The number of carbonyl (C=O) groups is 3. The quantitative estimate of drug-likeness (QED) is 0.508. The standard InChI is InChI=1S/C17H24N2O5S/c1-5-8-18-16(21)11(2)19-15(20)10-24-17(22)13-7-6-12(25-4)9-14(13)23-3/h6-7,9,11H,5,8,10H2,1-4H3,(H,18,21)(H,19,20)/t11-/m1/s1. The van der Waals surface area contributed by atoms with Crippen LogP contribution in [0.15, 0.2) is 23.1 Å². The van der Waals surface area contributed by atoms with Gasteiger partial charge in [-0.2, -0.15) is 0 Å². The Balaban J connectivity index is 2.56. The van der Waals surface area contributed by atoms with Gasteiger partial charge in [0.15, 0.2) is 6.61 Å². The molecular weight excluding hydrogens is 344 g/mol. The Morgan fingerprint density at radius 2 is 2.00 bits per heavy atom. The van der Waals surface area contributed by atoms with Gasteiger partial charge in [-0.1, -0.05) is 6.92 Å². The molecule has 2 N–H and O–H groups in total. The highest BCUT2D eigenvalue weighted by Crippen LogP contribution is 2.25. The summed E-state index contributed by atoms with van der Waals surface area (Å²) in [6.07, 6.45) is 2.72. The summed E-state index contributed by atoms with van der Waals surface area (Å²) in [5.41, 5.74) is 0.238. The van der Waals surface area contributed by atoms with Crippen molar-refractivity contribution in [2.24, 2.45) is 0 Å². The number of thioether (sulfide) groups is 1. The molecule has 0 unspecified atom stereocenters. The average molecular weight is 368 g/mol. The molecule has 1 aromatic rings. The van der Waals surface area contributed by atoms with Crippen LogP contribution in [-0.2, 0) is 14.3 Å². The van der Waals surface area contributed by atoms with E-state index in [4.69, 9.17) is 9.47 Å². The monoisotopic (exact) mass is 368 g/mol. The van der Waals surface area contributed by atoms with Crippen LogP contribution < -0.4 is 15.4 Å². The Labute approximate surface area is 151 Å². The van der Waals surface area contributed by atoms with Gasteiger partial charge in [0.1, 0.15) is 17.4 Å². The van der Waals surface area contributed by atoms with Gasteiger partial charge in [0.2, 0.25) is 5.91 Å². The van der Waals surface area contributed by atoms with Gasteiger partial charge < -0.3 is 20.1 Å². The van der Waals surface area contributed by atoms with E-state index >= 15 is 0 Å². The molecule has 0 heterocycles. The normalized spacial score (nSPS) is 11.4. The smallest absolute Gasteiger partial charge is 0.342 e. The van der Waals surface area contributed by atoms with Crippen molar-refractivity contribution < 1.29 is 23.9 Å². The first-order valence-electron chi connectivity index (χ1n) is 7.89. The van der Waals surface area contributed by atoms with Gasteiger partial charge in [0, 0.05) is 11.4 Å². The second-order valence-electron chi connectivity index (χ2n) is 5.22. The molecule has 0 aromatic heterocycles. The van der Waals surface area contributed by atoms with Gasteiger partial charge in [0.25, 0.3) is 5.91 Å². The lowest BCUT2D eigenvalue weighted by Gasteiger charge is -2.14. The third-order valence-corrected chi connectivity index (χ3v) is 4.01. The lowest BCUT2D eigenvalue weighted by Crippen LogP contribution is -2.46. The van der Waals surface area contributed by atoms with E-state index in [1.54, 1.807) is 25.1 Å². The zero-order valence-corrected chi connectivity index (χ0v) is 15.7. The van der Waals surface area contributed by atoms with Crippen LogP contribution in [0.3, 0.4) is 0 Å². The third-order valence-electron chi connectivity index (χ3n) is 3.28. The fraction of sp³-hybridized carbons (Fsp3) is 0.471. The van der Waals surface area contributed by atoms with Crippen LogP contribution in [0, 0.1) is 0 Å². The molecule has 0 spiro atoms. The largest absolute Gasteiger partial charge is 0.496 e. The number of esters is 1. The predicted octanol–water partition coefficient (Wildman–Crippen LogP) is 1.60. The fourth-order valence-electron chi connectivity index (χ4n) is 1.93. The van der Waals surface area contributed by atoms with Crippen molar-refractivity contribution in [1.82, 2.24) is 10.6 Å². The number of methoxy groups -OCH3 is 1. The Morgan fingerprint density at radius 1 is 1.28 bits per heavy atom. The molecule has 0 saturated heterocycles. The molecule has 0 saturated carbocycles. The van der Waals surface area contributed by atoms with Crippen molar-refractivity contribution in [2.75, 3.05) is 26.5 Å². The number of amides is 2. The first-order chi connectivity index (χ1) is 11.9. The van der Waals surface area contributed by atoms with Gasteiger partial charge in [-0.25, -0.2) is 4.79 Å². The Kier molecular flexibility index (Phi) is 8.83. The molecule has 2 amide bonds. The number of ether oxygens (including phenoxy) is 2. The molecule has 0 bridgehead atoms. The second-order valence-corrected chi connectivity index (χ2v) is 6.10. The van der Waals surface area contributed by atoms with Crippen LogP contribution >= 0.6 is 11.8 Å². The molecule has 0 aliphatic heterocycles. The molecule has 25 heavy (non-hydrogen) atoms. The number of nitrogens with one attached hydrogen (secondary N) is 2. The first-order valence-corrected chi connectivity index (χ1v) is 9.11. The second kappa shape index (κ2) is 10.6. The number of carbonyl (C=O) groups excluding carboxylic acids is 3. The predicted molar refractivity (Wildman–Crippen MR) is 96.0 cm³/mol. The van der Waals surface area contributed by atoms with Crippen molar-refractivity contribution in [3.8, 4) is 5.75 Å². The van der Waals surface area contributed by atoms with Crippen LogP contribution in [0.25, 0.3) is 0 Å². The van der Waals surface area contributed by atoms with Gasteiger partial charge >= 0.3 is 5.97 Å². The molecule has 0 aliphatic rings. The lowest BCUT2D eigenvalue weighted by molar-refractivity contribution is -0.130. The van der Waals surface area contributed by atoms with Gasteiger partial charge in [-0.3, -0.25) is 9.59 Å². The van der Waals surface area contributed by atoms with E-state index in [-0.39, 0.29) is 11.5 Å². The summed E-state index contributed by atoms with van der Waals surface area (Å²) in [5.74, 6) is -1.12. The highest BCUT2D eigenvalue weighted by molar-refractivity contribution is 7.98. The summed E-state index contributed by atoms with van der Waals surface area (Å²) >= 11 is 1.52. The minimum atomic E-state index is -0.701. The number of hydrogen-bond acceptors (Lipinski definition) is 6. The summed E-state index contributed by atoms with van der Waals surface area (Å²) in [5, 5.41) is 5.15. The molecule has 0 fully saturated rings. The SMILES string of the molecule is CCCNC(=O)[C@@H](C)NC(=O)COC(=O)c1ccc(SC)cc1OC. The van der Waals surface area contributed by atoms with Crippen LogP contribution in [-0.4, -0.2) is 50.3 Å². The lowest BCUT2D eigenvalue weighted by atomic mass is 10.2. The van der Waals surface area contributed by atoms with Crippen molar-refractivity contribution in [2.45, 2.75) is 31.2 Å². The van der Waals surface area contributed by atoms with Gasteiger partial charge in [-0.05, 0) is 37.8 Å². The summed E-state index contributed by atoms with van der Waals surface area (Å²) in [4.78, 5) is 36.6. The van der Waals surface area contributed by atoms with Crippen LogP contribution in [0.2, 0.25) is 0 Å². The molecule has 8 heteroatoms. The Hall–Kier alpha value is -2.22. The molecule has 0 radical (unpaired) electrons. The van der Waals surface area contributed by atoms with E-state index in [9.17, 15) is 14.4 Å². The summed E-state index contributed by atoms with van der Waals surface area (Å²) in [6, 6.07) is 4.38. The van der Waals surface area contributed by atoms with Crippen molar-refractivity contribution in [3.05, 3.63) is 23.8 Å². The van der Waals surface area contributed by atoms with E-state index in [1.165, 1.54) is 18.9 Å². The summed E-state index contributed by atoms with van der Waals surface area (Å²) in [7, 11) is 1.46. The number of hydrogen-bond donors (Lipinski definition) is 2. The number of rotatable bonds is 9. The zero-order chi connectivity index (χ0) is 18.8. The van der Waals surface area contributed by atoms with Gasteiger partial charge in [-0.15, -0.1) is 11.8 Å². The van der Waals surface area contributed by atoms with E-state index in [1.807, 2.05) is 13.2 Å². The topological polar surface area (TPSA) is 93.7 Å². The maximum absolute atomic E-state index is 12.1. The van der Waals surface area contributed by atoms with Crippen molar-refractivity contribution in [3.63, 3.8) is 0 Å². The minimum Gasteiger partial charge on any atom is -0.496 e. The van der Waals surface area contributed by atoms with E-state index in [0.717, 1.165) is 11.3 Å². The van der Waals surface area contributed by atoms with Crippen LogP contribution in [0.4, 0.5) is 0 Å². The van der Waals surface area contributed by atoms with Crippen molar-refractivity contribution in [1.29, 1.82) is 0 Å². The molecule has 1 aromatic carbocycles. The molecule has 138 valence electrons. The molecule has 1 rings (SSSR count). The maximum Gasteiger partial charge on any atom is 0.342 e. The average Bonchev–Trinajstić information content (AvgIpc) is 2.63. The van der Waals surface area contributed by atoms with Crippen molar-refractivity contribution >= 4 is 29.5 Å². The Morgan fingerprint density at radius 3 is 2.60 bits per heavy atom. The van der Waals surface area contributed by atoms with E-state index in [0.29, 0.717) is 12.3 Å². The Bertz CT molecular complexity index is 621. The minimum absolute atomic E-state index is 0.238. The number of benzene rings is 1. The third kappa shape index (κ3) is 6.66. The fourth-order valence-corrected chi connectivity index (χ4v) is 2.35. The van der Waals surface area contributed by atoms with Gasteiger partial charge in [0.05, 0.1) is 7.11 Å². The summed E-state index contributed by atoms with van der Waals surface area (Å²) < 4.78 is 10.2. The zero-order valence-electron chi connectivity index (χ0n) is 14.9. The van der Waals surface area contributed by atoms with Crippen LogP contribution in [0.5, 0.6) is 5.75 Å². The summed E-state index contributed by atoms with van der Waals surface area (Å²) in [6.45, 7) is 3.56. The first kappa shape index (κ1) is 20.8. The van der Waals surface area contributed by atoms with E-state index in [2.05, 4.69) is 10.6 Å². The molecule has 1 atom stereocenters. The van der Waals surface area contributed by atoms with E-state index < -0.39 is 24.5 Å². The van der Waals surface area contributed by atoms with Crippen LogP contribution in [0.1, 0.15) is 30.6 Å². The molecule has 7 nitrogen and oxygen atoms in total.